The fraction of sp³-hybridized carbons (Fsp3) is 0.100. The van der Waals surface area contributed by atoms with E-state index in [1.165, 1.54) is 0 Å². The molecule has 0 radical (unpaired) electrons. The van der Waals surface area contributed by atoms with Gasteiger partial charge in [0, 0.05) is 22.5 Å². The summed E-state index contributed by atoms with van der Waals surface area (Å²) in [6.07, 6.45) is 3.27. The zero-order valence-electron chi connectivity index (χ0n) is 13.7. The summed E-state index contributed by atoms with van der Waals surface area (Å²) < 4.78 is 0. The van der Waals surface area contributed by atoms with Gasteiger partial charge in [-0.25, -0.2) is 0 Å². The van der Waals surface area contributed by atoms with Gasteiger partial charge in [-0.15, -0.1) is 0 Å². The monoisotopic (exact) mass is 320 g/mol. The highest BCUT2D eigenvalue weighted by Crippen LogP contribution is 2.09. The highest BCUT2D eigenvalue weighted by molar-refractivity contribution is 6.05. The molecule has 0 bridgehead atoms. The summed E-state index contributed by atoms with van der Waals surface area (Å²) in [6, 6.07) is 18.5. The number of hydrogen-bond donors (Lipinski definition) is 2. The van der Waals surface area contributed by atoms with Crippen molar-refractivity contribution in [2.45, 2.75) is 13.8 Å². The van der Waals surface area contributed by atoms with Crippen molar-refractivity contribution in [2.75, 3.05) is 10.6 Å². The Hall–Kier alpha value is -3.14. The van der Waals surface area contributed by atoms with Gasteiger partial charge in [0.25, 0.3) is 11.8 Å². The zero-order chi connectivity index (χ0) is 17.4. The van der Waals surface area contributed by atoms with Gasteiger partial charge in [-0.2, -0.15) is 0 Å². The van der Waals surface area contributed by atoms with E-state index in [-0.39, 0.29) is 11.8 Å². The van der Waals surface area contributed by atoms with Crippen molar-refractivity contribution >= 4 is 23.2 Å². The second kappa shape index (κ2) is 8.48. The molecule has 0 spiro atoms. The molecule has 0 aliphatic rings. The normalized spacial score (nSPS) is 11.8. The number of para-hydroxylation sites is 2. The Morgan fingerprint density at radius 3 is 1.33 bits per heavy atom. The van der Waals surface area contributed by atoms with Crippen LogP contribution in [0, 0.1) is 0 Å². The van der Waals surface area contributed by atoms with Crippen molar-refractivity contribution in [2.24, 2.45) is 0 Å². The van der Waals surface area contributed by atoms with Crippen LogP contribution in [0.4, 0.5) is 11.4 Å². The number of benzene rings is 2. The molecule has 0 aromatic heterocycles. The number of rotatable bonds is 5. The van der Waals surface area contributed by atoms with Crippen LogP contribution in [0.5, 0.6) is 0 Å². The number of anilines is 2. The molecule has 0 atom stereocenters. The van der Waals surface area contributed by atoms with E-state index in [0.29, 0.717) is 11.1 Å². The summed E-state index contributed by atoms with van der Waals surface area (Å²) in [6.45, 7) is 3.41. The average molecular weight is 320 g/mol. The fourth-order valence-corrected chi connectivity index (χ4v) is 1.90. The lowest BCUT2D eigenvalue weighted by Crippen LogP contribution is -2.13. The van der Waals surface area contributed by atoms with E-state index in [4.69, 9.17) is 0 Å². The molecule has 2 aromatic rings. The van der Waals surface area contributed by atoms with Crippen LogP contribution in [0.1, 0.15) is 13.8 Å². The van der Waals surface area contributed by atoms with Gasteiger partial charge in [-0.05, 0) is 38.1 Å². The average Bonchev–Trinajstić information content (AvgIpc) is 2.61. The molecule has 0 aliphatic carbocycles. The summed E-state index contributed by atoms with van der Waals surface area (Å²) in [5.74, 6) is -0.401. The van der Waals surface area contributed by atoms with E-state index in [9.17, 15) is 9.59 Å². The minimum Gasteiger partial charge on any atom is -0.322 e. The first-order chi connectivity index (χ1) is 11.6. The first kappa shape index (κ1) is 17.2. The van der Waals surface area contributed by atoms with Crippen LogP contribution in [0.3, 0.4) is 0 Å². The van der Waals surface area contributed by atoms with Crippen LogP contribution in [0.2, 0.25) is 0 Å². The van der Waals surface area contributed by atoms with E-state index >= 15 is 0 Å². The van der Waals surface area contributed by atoms with Crippen molar-refractivity contribution < 1.29 is 9.59 Å². The van der Waals surface area contributed by atoms with E-state index in [1.54, 1.807) is 26.0 Å². The van der Waals surface area contributed by atoms with Gasteiger partial charge in [0.2, 0.25) is 0 Å². The molecule has 2 amide bonds. The first-order valence-electron chi connectivity index (χ1n) is 7.64. The maximum absolute atomic E-state index is 12.1. The van der Waals surface area contributed by atoms with E-state index < -0.39 is 0 Å². The first-order valence-corrected chi connectivity index (χ1v) is 7.64. The van der Waals surface area contributed by atoms with Crippen molar-refractivity contribution in [1.29, 1.82) is 0 Å². The molecule has 2 aromatic carbocycles. The van der Waals surface area contributed by atoms with Gasteiger partial charge in [0.05, 0.1) is 0 Å². The van der Waals surface area contributed by atoms with Gasteiger partial charge in [0.15, 0.2) is 0 Å². The number of carbonyl (C=O) groups excluding carboxylic acids is 2. The standard InChI is InChI=1S/C20H20N2O2/c1-15(19(23)21-17-9-5-3-6-10-17)13-14-16(2)20(24)22-18-11-7-4-8-12-18/h3-14H,1-2H3,(H,21,23)(H,22,24)/b15-13+,16-14+. The largest absolute Gasteiger partial charge is 0.322 e. The summed E-state index contributed by atoms with van der Waals surface area (Å²) >= 11 is 0. The lowest BCUT2D eigenvalue weighted by Gasteiger charge is -2.05. The van der Waals surface area contributed by atoms with Crippen molar-refractivity contribution in [1.82, 2.24) is 0 Å². The molecule has 24 heavy (non-hydrogen) atoms. The number of amides is 2. The third-order valence-corrected chi connectivity index (χ3v) is 3.36. The van der Waals surface area contributed by atoms with Crippen molar-refractivity contribution in [3.63, 3.8) is 0 Å². The van der Waals surface area contributed by atoms with Crippen LogP contribution in [0.15, 0.2) is 84.0 Å². The predicted molar refractivity (Wildman–Crippen MR) is 97.7 cm³/mol. The molecule has 0 saturated carbocycles. The molecular weight excluding hydrogens is 300 g/mol. The second-order valence-corrected chi connectivity index (χ2v) is 5.34. The molecule has 4 heteroatoms. The highest BCUT2D eigenvalue weighted by atomic mass is 16.2. The van der Waals surface area contributed by atoms with Gasteiger partial charge in [-0.1, -0.05) is 48.6 Å². The summed E-state index contributed by atoms with van der Waals surface area (Å²) in [4.78, 5) is 24.2. The molecular formula is C20H20N2O2. The zero-order valence-corrected chi connectivity index (χ0v) is 13.7. The molecule has 0 heterocycles. The van der Waals surface area contributed by atoms with Crippen LogP contribution in [-0.2, 0) is 9.59 Å². The van der Waals surface area contributed by atoms with Gasteiger partial charge < -0.3 is 10.6 Å². The predicted octanol–water partition coefficient (Wildman–Crippen LogP) is 4.16. The van der Waals surface area contributed by atoms with Gasteiger partial charge in [-0.3, -0.25) is 9.59 Å². The van der Waals surface area contributed by atoms with Crippen LogP contribution in [-0.4, -0.2) is 11.8 Å². The van der Waals surface area contributed by atoms with Crippen molar-refractivity contribution in [3.8, 4) is 0 Å². The topological polar surface area (TPSA) is 58.2 Å². The molecule has 0 saturated heterocycles. The molecule has 0 fully saturated rings. The number of nitrogens with one attached hydrogen (secondary N) is 2. The van der Waals surface area contributed by atoms with Crippen molar-refractivity contribution in [3.05, 3.63) is 84.0 Å². The maximum atomic E-state index is 12.1. The molecule has 0 unspecified atom stereocenters. The van der Waals surface area contributed by atoms with Crippen LogP contribution >= 0.6 is 0 Å². The Bertz CT molecular complexity index is 695. The number of carbonyl (C=O) groups is 2. The highest BCUT2D eigenvalue weighted by Gasteiger charge is 2.06. The molecule has 4 nitrogen and oxygen atoms in total. The molecule has 2 rings (SSSR count). The maximum Gasteiger partial charge on any atom is 0.251 e. The SMILES string of the molecule is C/C(=C\C=C(/C)C(=O)Nc1ccccc1)C(=O)Nc1ccccc1. The third kappa shape index (κ3) is 5.25. The molecule has 0 aliphatic heterocycles. The molecule has 122 valence electrons. The van der Waals surface area contributed by atoms with E-state index in [2.05, 4.69) is 10.6 Å². The van der Waals surface area contributed by atoms with Gasteiger partial charge >= 0.3 is 0 Å². The summed E-state index contributed by atoms with van der Waals surface area (Å²) in [5, 5.41) is 5.59. The summed E-state index contributed by atoms with van der Waals surface area (Å²) in [5.41, 5.74) is 2.51. The Kier molecular flexibility index (Phi) is 6.08. The van der Waals surface area contributed by atoms with Crippen LogP contribution < -0.4 is 10.6 Å². The Morgan fingerprint density at radius 2 is 1.00 bits per heavy atom. The number of hydrogen-bond acceptors (Lipinski definition) is 2. The quantitative estimate of drug-likeness (QED) is 0.642. The number of allylic oxidation sites excluding steroid dienone is 2. The summed E-state index contributed by atoms with van der Waals surface area (Å²) in [7, 11) is 0. The van der Waals surface area contributed by atoms with E-state index in [1.807, 2.05) is 60.7 Å². The van der Waals surface area contributed by atoms with Crippen LogP contribution in [0.25, 0.3) is 0 Å². The minimum atomic E-state index is -0.200. The Labute approximate surface area is 141 Å². The Morgan fingerprint density at radius 1 is 0.667 bits per heavy atom. The lowest BCUT2D eigenvalue weighted by atomic mass is 10.2. The Balaban J connectivity index is 1.97. The minimum absolute atomic E-state index is 0.200. The molecule has 2 N–H and O–H groups in total. The second-order valence-electron chi connectivity index (χ2n) is 5.34. The third-order valence-electron chi connectivity index (χ3n) is 3.36. The van der Waals surface area contributed by atoms with Gasteiger partial charge in [0.1, 0.15) is 0 Å². The lowest BCUT2D eigenvalue weighted by molar-refractivity contribution is -0.113. The van der Waals surface area contributed by atoms with E-state index in [0.717, 1.165) is 11.4 Å². The smallest absolute Gasteiger partial charge is 0.251 e. The fourth-order valence-electron chi connectivity index (χ4n) is 1.90.